The maximum Gasteiger partial charge on any atom is 0.272 e. The van der Waals surface area contributed by atoms with Crippen molar-refractivity contribution in [1.82, 2.24) is 15.0 Å². The van der Waals surface area contributed by atoms with Crippen LogP contribution >= 0.6 is 22.6 Å². The SMILES string of the molecule is Cc1cc(C=NNC(=O)c2cccnc2)c(C)n1-c1ccc(I)cc1. The first kappa shape index (κ1) is 17.3. The van der Waals surface area contributed by atoms with E-state index in [1.54, 1.807) is 24.5 Å². The Morgan fingerprint density at radius 3 is 2.68 bits per heavy atom. The molecule has 2 aromatic heterocycles. The number of nitrogens with one attached hydrogen (secondary N) is 1. The van der Waals surface area contributed by atoms with Crippen LogP contribution < -0.4 is 5.43 Å². The molecule has 0 saturated carbocycles. The molecule has 1 amide bonds. The van der Waals surface area contributed by atoms with E-state index in [9.17, 15) is 4.79 Å². The van der Waals surface area contributed by atoms with Crippen molar-refractivity contribution in [2.24, 2.45) is 5.10 Å². The van der Waals surface area contributed by atoms with E-state index < -0.39 is 0 Å². The molecule has 0 unspecified atom stereocenters. The van der Waals surface area contributed by atoms with Crippen molar-refractivity contribution in [3.63, 3.8) is 0 Å². The Bertz CT molecular complexity index is 915. The van der Waals surface area contributed by atoms with Crippen LogP contribution in [0, 0.1) is 17.4 Å². The van der Waals surface area contributed by atoms with Gasteiger partial charge in [0.1, 0.15) is 0 Å². The minimum Gasteiger partial charge on any atom is -0.318 e. The number of rotatable bonds is 4. The van der Waals surface area contributed by atoms with E-state index in [4.69, 9.17) is 0 Å². The third kappa shape index (κ3) is 3.96. The monoisotopic (exact) mass is 444 g/mol. The van der Waals surface area contributed by atoms with Gasteiger partial charge in [-0.05, 0) is 78.9 Å². The summed E-state index contributed by atoms with van der Waals surface area (Å²) in [5.41, 5.74) is 7.25. The number of aryl methyl sites for hydroxylation is 1. The van der Waals surface area contributed by atoms with Gasteiger partial charge < -0.3 is 4.57 Å². The Kier molecular flexibility index (Phi) is 5.28. The molecule has 25 heavy (non-hydrogen) atoms. The van der Waals surface area contributed by atoms with Crippen LogP contribution in [0.25, 0.3) is 5.69 Å². The normalized spacial score (nSPS) is 11.0. The second-order valence-electron chi connectivity index (χ2n) is 5.58. The molecule has 0 bridgehead atoms. The molecule has 1 N–H and O–H groups in total. The second kappa shape index (κ2) is 7.60. The Morgan fingerprint density at radius 1 is 1.24 bits per heavy atom. The van der Waals surface area contributed by atoms with Crippen LogP contribution in [0.2, 0.25) is 0 Å². The summed E-state index contributed by atoms with van der Waals surface area (Å²) in [5.74, 6) is -0.282. The highest BCUT2D eigenvalue weighted by Gasteiger charge is 2.09. The lowest BCUT2D eigenvalue weighted by Gasteiger charge is -2.09. The number of benzene rings is 1. The number of aromatic nitrogens is 2. The minimum atomic E-state index is -0.282. The molecule has 6 heteroatoms. The van der Waals surface area contributed by atoms with Crippen molar-refractivity contribution in [2.75, 3.05) is 0 Å². The Labute approximate surface area is 159 Å². The van der Waals surface area contributed by atoms with Gasteiger partial charge in [0.25, 0.3) is 5.91 Å². The van der Waals surface area contributed by atoms with Crippen LogP contribution in [-0.2, 0) is 0 Å². The quantitative estimate of drug-likeness (QED) is 0.378. The van der Waals surface area contributed by atoms with E-state index in [0.717, 1.165) is 22.6 Å². The van der Waals surface area contributed by atoms with Gasteiger partial charge >= 0.3 is 0 Å². The summed E-state index contributed by atoms with van der Waals surface area (Å²) in [5, 5.41) is 4.07. The topological polar surface area (TPSA) is 59.3 Å². The Hall–Kier alpha value is -2.48. The summed E-state index contributed by atoms with van der Waals surface area (Å²) in [4.78, 5) is 15.9. The average Bonchev–Trinajstić information content (AvgIpc) is 2.90. The third-order valence-electron chi connectivity index (χ3n) is 3.85. The molecule has 0 aliphatic heterocycles. The van der Waals surface area contributed by atoms with Gasteiger partial charge in [0.2, 0.25) is 0 Å². The van der Waals surface area contributed by atoms with Crippen molar-refractivity contribution >= 4 is 34.7 Å². The highest BCUT2D eigenvalue weighted by molar-refractivity contribution is 14.1. The van der Waals surface area contributed by atoms with E-state index in [0.29, 0.717) is 5.56 Å². The number of carbonyl (C=O) groups excluding carboxylic acids is 1. The van der Waals surface area contributed by atoms with Crippen LogP contribution in [0.4, 0.5) is 0 Å². The zero-order valence-corrected chi connectivity index (χ0v) is 16.1. The van der Waals surface area contributed by atoms with Crippen molar-refractivity contribution < 1.29 is 4.79 Å². The number of carbonyl (C=O) groups is 1. The first-order valence-electron chi connectivity index (χ1n) is 7.74. The lowest BCUT2D eigenvalue weighted by Crippen LogP contribution is -2.17. The zero-order chi connectivity index (χ0) is 17.8. The van der Waals surface area contributed by atoms with Crippen LogP contribution in [-0.4, -0.2) is 21.7 Å². The van der Waals surface area contributed by atoms with Crippen molar-refractivity contribution in [2.45, 2.75) is 13.8 Å². The van der Waals surface area contributed by atoms with Gasteiger partial charge in [0, 0.05) is 38.6 Å². The maximum atomic E-state index is 12.0. The summed E-state index contributed by atoms with van der Waals surface area (Å²) >= 11 is 2.29. The zero-order valence-electron chi connectivity index (χ0n) is 13.9. The van der Waals surface area contributed by atoms with E-state index in [2.05, 4.69) is 73.9 Å². The smallest absolute Gasteiger partial charge is 0.272 e. The highest BCUT2D eigenvalue weighted by atomic mass is 127. The molecule has 0 saturated heterocycles. The standard InChI is InChI=1S/C19H17IN4O/c1-13-10-16(12-22-23-19(25)15-4-3-9-21-11-15)14(2)24(13)18-7-5-17(20)6-8-18/h3-12H,1-2H3,(H,23,25). The van der Waals surface area contributed by atoms with E-state index in [-0.39, 0.29) is 5.91 Å². The van der Waals surface area contributed by atoms with Crippen molar-refractivity contribution in [1.29, 1.82) is 0 Å². The lowest BCUT2D eigenvalue weighted by molar-refractivity contribution is 0.0955. The van der Waals surface area contributed by atoms with Crippen LogP contribution in [0.3, 0.4) is 0 Å². The molecular formula is C19H17IN4O. The van der Waals surface area contributed by atoms with Gasteiger partial charge in [-0.15, -0.1) is 0 Å². The highest BCUT2D eigenvalue weighted by Crippen LogP contribution is 2.20. The van der Waals surface area contributed by atoms with Gasteiger partial charge in [-0.2, -0.15) is 5.10 Å². The minimum absolute atomic E-state index is 0.282. The number of amides is 1. The van der Waals surface area contributed by atoms with Crippen molar-refractivity contribution in [3.8, 4) is 5.69 Å². The van der Waals surface area contributed by atoms with Gasteiger partial charge in [0.15, 0.2) is 0 Å². The fourth-order valence-corrected chi connectivity index (χ4v) is 2.99. The molecule has 126 valence electrons. The summed E-state index contributed by atoms with van der Waals surface area (Å²) in [6.45, 7) is 4.09. The van der Waals surface area contributed by atoms with E-state index in [1.165, 1.54) is 9.77 Å². The fraction of sp³-hybridized carbons (Fsp3) is 0.105. The number of pyridine rings is 1. The predicted molar refractivity (Wildman–Crippen MR) is 107 cm³/mol. The predicted octanol–water partition coefficient (Wildman–Crippen LogP) is 3.86. The number of hydrazone groups is 1. The molecule has 0 atom stereocenters. The van der Waals surface area contributed by atoms with Gasteiger partial charge in [-0.25, -0.2) is 5.43 Å². The average molecular weight is 444 g/mol. The van der Waals surface area contributed by atoms with Gasteiger partial charge in [0.05, 0.1) is 11.8 Å². The maximum absolute atomic E-state index is 12.0. The summed E-state index contributed by atoms with van der Waals surface area (Å²) in [7, 11) is 0. The number of nitrogens with zero attached hydrogens (tertiary/aromatic N) is 3. The Morgan fingerprint density at radius 2 is 2.00 bits per heavy atom. The number of halogens is 1. The molecule has 0 aliphatic carbocycles. The molecule has 0 aliphatic rings. The molecular weight excluding hydrogens is 427 g/mol. The summed E-state index contributed by atoms with van der Waals surface area (Å²) < 4.78 is 3.36. The first-order chi connectivity index (χ1) is 12.1. The largest absolute Gasteiger partial charge is 0.318 e. The number of hydrogen-bond donors (Lipinski definition) is 1. The lowest BCUT2D eigenvalue weighted by atomic mass is 10.2. The van der Waals surface area contributed by atoms with Gasteiger partial charge in [-0.1, -0.05) is 0 Å². The van der Waals surface area contributed by atoms with Crippen LogP contribution in [0.15, 0.2) is 60.0 Å². The number of hydrogen-bond acceptors (Lipinski definition) is 3. The molecule has 5 nitrogen and oxygen atoms in total. The molecule has 0 radical (unpaired) electrons. The van der Waals surface area contributed by atoms with Crippen molar-refractivity contribution in [3.05, 3.63) is 80.9 Å². The molecule has 3 aromatic rings. The molecule has 0 fully saturated rings. The second-order valence-corrected chi connectivity index (χ2v) is 6.82. The fourth-order valence-electron chi connectivity index (χ4n) is 2.63. The van der Waals surface area contributed by atoms with Gasteiger partial charge in [-0.3, -0.25) is 9.78 Å². The first-order valence-corrected chi connectivity index (χ1v) is 8.82. The van der Waals surface area contributed by atoms with Crippen LogP contribution in [0.5, 0.6) is 0 Å². The molecule has 2 heterocycles. The Balaban J connectivity index is 1.79. The molecule has 3 rings (SSSR count). The van der Waals surface area contributed by atoms with E-state index in [1.807, 2.05) is 13.0 Å². The van der Waals surface area contributed by atoms with Crippen LogP contribution in [0.1, 0.15) is 27.3 Å². The molecule has 1 aromatic carbocycles. The van der Waals surface area contributed by atoms with E-state index >= 15 is 0 Å². The summed E-state index contributed by atoms with van der Waals surface area (Å²) in [6.07, 6.45) is 4.80. The summed E-state index contributed by atoms with van der Waals surface area (Å²) in [6, 6.07) is 13.8. The molecule has 0 spiro atoms. The third-order valence-corrected chi connectivity index (χ3v) is 4.57.